The van der Waals surface area contributed by atoms with Crippen molar-refractivity contribution in [2.45, 2.75) is 37.6 Å². The normalized spacial score (nSPS) is 20.8. The van der Waals surface area contributed by atoms with Crippen molar-refractivity contribution in [3.63, 3.8) is 0 Å². The number of nitrogens with one attached hydrogen (secondary N) is 1. The van der Waals surface area contributed by atoms with Crippen LogP contribution in [0.15, 0.2) is 54.6 Å². The summed E-state index contributed by atoms with van der Waals surface area (Å²) in [5.74, 6) is -1.10. The molecule has 0 saturated carbocycles. The highest BCUT2D eigenvalue weighted by molar-refractivity contribution is 5.99. The summed E-state index contributed by atoms with van der Waals surface area (Å²) in [4.78, 5) is 39.9. The van der Waals surface area contributed by atoms with Gasteiger partial charge in [-0.1, -0.05) is 30.3 Å². The summed E-state index contributed by atoms with van der Waals surface area (Å²) in [7, 11) is 0. The van der Waals surface area contributed by atoms with Crippen LogP contribution < -0.4 is 10.1 Å². The Morgan fingerprint density at radius 2 is 1.84 bits per heavy atom. The molecule has 2 fully saturated rings. The number of ether oxygens (including phenoxy) is 2. The van der Waals surface area contributed by atoms with Gasteiger partial charge >= 0.3 is 6.61 Å². The lowest BCUT2D eigenvalue weighted by atomic mass is 10.0. The average molecular weight is 444 g/mol. The smallest absolute Gasteiger partial charge is 0.387 e. The second-order valence-electron chi connectivity index (χ2n) is 7.70. The van der Waals surface area contributed by atoms with E-state index in [9.17, 15) is 23.2 Å². The van der Waals surface area contributed by atoms with Gasteiger partial charge < -0.3 is 19.7 Å². The van der Waals surface area contributed by atoms with Gasteiger partial charge in [0.15, 0.2) is 5.78 Å². The molecule has 3 unspecified atom stereocenters. The number of alkyl halides is 2. The minimum Gasteiger partial charge on any atom is -0.435 e. The predicted molar refractivity (Wildman–Crippen MR) is 109 cm³/mol. The summed E-state index contributed by atoms with van der Waals surface area (Å²) in [5.41, 5.74) is 1.04. The van der Waals surface area contributed by atoms with Gasteiger partial charge in [0.05, 0.1) is 6.10 Å². The van der Waals surface area contributed by atoms with Crippen LogP contribution in [0.25, 0.3) is 0 Å². The fourth-order valence-corrected chi connectivity index (χ4v) is 4.12. The van der Waals surface area contributed by atoms with Crippen molar-refractivity contribution in [2.75, 3.05) is 13.2 Å². The molecule has 1 N–H and O–H groups in total. The van der Waals surface area contributed by atoms with Gasteiger partial charge in [-0.05, 0) is 36.2 Å². The van der Waals surface area contributed by atoms with Gasteiger partial charge in [-0.2, -0.15) is 8.78 Å². The van der Waals surface area contributed by atoms with Crippen LogP contribution in [-0.2, 0) is 20.7 Å². The fourth-order valence-electron chi connectivity index (χ4n) is 4.12. The van der Waals surface area contributed by atoms with E-state index in [4.69, 9.17) is 4.74 Å². The molecule has 2 amide bonds. The topological polar surface area (TPSA) is 84.9 Å². The lowest BCUT2D eigenvalue weighted by molar-refractivity contribution is -0.138. The van der Waals surface area contributed by atoms with Gasteiger partial charge in [-0.15, -0.1) is 0 Å². The lowest BCUT2D eigenvalue weighted by Gasteiger charge is -2.27. The third-order valence-corrected chi connectivity index (χ3v) is 5.62. The zero-order valence-electron chi connectivity index (χ0n) is 17.1. The van der Waals surface area contributed by atoms with Gasteiger partial charge in [-0.3, -0.25) is 14.4 Å². The second-order valence-corrected chi connectivity index (χ2v) is 7.70. The van der Waals surface area contributed by atoms with E-state index < -0.39 is 24.6 Å². The zero-order valence-corrected chi connectivity index (χ0v) is 17.1. The third kappa shape index (κ3) is 4.77. The molecule has 2 aromatic carbocycles. The first-order chi connectivity index (χ1) is 15.4. The van der Waals surface area contributed by atoms with E-state index in [1.165, 1.54) is 29.2 Å². The quantitative estimate of drug-likeness (QED) is 0.708. The van der Waals surface area contributed by atoms with Crippen molar-refractivity contribution in [2.24, 2.45) is 0 Å². The number of amides is 2. The van der Waals surface area contributed by atoms with Crippen LogP contribution in [0, 0.1) is 0 Å². The molecule has 32 heavy (non-hydrogen) atoms. The summed E-state index contributed by atoms with van der Waals surface area (Å²) < 4.78 is 34.4. The van der Waals surface area contributed by atoms with Crippen LogP contribution in [0.2, 0.25) is 0 Å². The molecule has 0 bridgehead atoms. The van der Waals surface area contributed by atoms with Crippen molar-refractivity contribution in [3.05, 3.63) is 65.7 Å². The number of carbonyl (C=O) groups excluding carboxylic acids is 3. The lowest BCUT2D eigenvalue weighted by Crippen LogP contribution is -2.53. The molecule has 0 radical (unpaired) electrons. The first-order valence-electron chi connectivity index (χ1n) is 10.3. The third-order valence-electron chi connectivity index (χ3n) is 5.62. The number of fused-ring (bicyclic) bond motifs is 1. The highest BCUT2D eigenvalue weighted by Crippen LogP contribution is 2.28. The van der Waals surface area contributed by atoms with Crippen LogP contribution >= 0.6 is 0 Å². The maximum absolute atomic E-state index is 13.4. The number of hydrogen-bond acceptors (Lipinski definition) is 5. The summed E-state index contributed by atoms with van der Waals surface area (Å²) in [6, 6.07) is 12.9. The molecular formula is C23H22F2N2O5. The van der Waals surface area contributed by atoms with Crippen LogP contribution in [0.5, 0.6) is 5.75 Å². The molecular weight excluding hydrogens is 422 g/mol. The highest BCUT2D eigenvalue weighted by atomic mass is 19.3. The highest BCUT2D eigenvalue weighted by Gasteiger charge is 2.48. The Labute approximate surface area is 183 Å². The molecule has 0 spiro atoms. The number of Topliss-reactive ketones (excluding diaryl/α,β-unsaturated/α-hetero) is 1. The molecule has 3 atom stereocenters. The summed E-state index contributed by atoms with van der Waals surface area (Å²) in [5, 5.41) is 2.74. The van der Waals surface area contributed by atoms with Gasteiger partial charge in [0.25, 0.3) is 5.91 Å². The number of nitrogens with zero attached hydrogens (tertiary/aromatic N) is 1. The molecule has 9 heteroatoms. The van der Waals surface area contributed by atoms with Crippen LogP contribution in [0.1, 0.15) is 22.3 Å². The molecule has 4 rings (SSSR count). The van der Waals surface area contributed by atoms with Gasteiger partial charge in [0.2, 0.25) is 5.91 Å². The van der Waals surface area contributed by atoms with Crippen molar-refractivity contribution in [1.82, 2.24) is 10.2 Å². The average Bonchev–Trinajstić information content (AvgIpc) is 3.36. The Morgan fingerprint density at radius 1 is 1.12 bits per heavy atom. The maximum atomic E-state index is 13.4. The number of benzene rings is 2. The zero-order chi connectivity index (χ0) is 22.7. The predicted octanol–water partition coefficient (Wildman–Crippen LogP) is 2.20. The van der Waals surface area contributed by atoms with Crippen LogP contribution in [0.3, 0.4) is 0 Å². The number of hydrogen-bond donors (Lipinski definition) is 1. The van der Waals surface area contributed by atoms with Gasteiger partial charge in [0.1, 0.15) is 24.4 Å². The van der Waals surface area contributed by atoms with Crippen LogP contribution in [0.4, 0.5) is 8.78 Å². The molecule has 2 saturated heterocycles. The molecule has 2 aliphatic rings. The van der Waals surface area contributed by atoms with E-state index in [2.05, 4.69) is 10.1 Å². The summed E-state index contributed by atoms with van der Waals surface area (Å²) in [6.07, 6.45) is 0.502. The Balaban J connectivity index is 1.52. The Morgan fingerprint density at radius 3 is 2.53 bits per heavy atom. The van der Waals surface area contributed by atoms with E-state index in [0.717, 1.165) is 5.56 Å². The fraction of sp³-hybridized carbons (Fsp3) is 0.348. The number of halogens is 2. The van der Waals surface area contributed by atoms with E-state index in [1.807, 2.05) is 30.3 Å². The number of rotatable bonds is 7. The number of likely N-dealkylation sites (tertiary alicyclic amines) is 1. The first kappa shape index (κ1) is 21.9. The molecule has 2 aliphatic heterocycles. The van der Waals surface area contributed by atoms with Crippen molar-refractivity contribution in [3.8, 4) is 5.75 Å². The number of ketones is 1. The van der Waals surface area contributed by atoms with Crippen molar-refractivity contribution < 1.29 is 32.6 Å². The Hall–Kier alpha value is -3.33. The molecule has 0 aliphatic carbocycles. The molecule has 168 valence electrons. The Kier molecular flexibility index (Phi) is 6.45. The minimum absolute atomic E-state index is 0.0120. The number of carbonyl (C=O) groups is 3. The molecule has 0 aromatic heterocycles. The van der Waals surface area contributed by atoms with E-state index in [1.54, 1.807) is 0 Å². The summed E-state index contributed by atoms with van der Waals surface area (Å²) >= 11 is 0. The minimum atomic E-state index is -2.96. The SMILES string of the molecule is O=C(NC(Cc1ccccc1)C(=O)N1CCC2OCC(=O)C21)c1ccc(OC(F)F)cc1. The van der Waals surface area contributed by atoms with E-state index in [0.29, 0.717) is 13.0 Å². The monoisotopic (exact) mass is 444 g/mol. The van der Waals surface area contributed by atoms with Gasteiger partial charge in [-0.25, -0.2) is 0 Å². The molecule has 2 heterocycles. The van der Waals surface area contributed by atoms with E-state index in [-0.39, 0.29) is 42.1 Å². The van der Waals surface area contributed by atoms with Crippen molar-refractivity contribution >= 4 is 17.6 Å². The standard InChI is InChI=1S/C23H22F2N2O5/c24-23(25)32-16-8-6-15(7-9-16)21(29)26-17(12-14-4-2-1-3-5-14)22(30)27-11-10-19-20(27)18(28)13-31-19/h1-9,17,19-20,23H,10-13H2,(H,26,29). The molecule has 2 aromatic rings. The van der Waals surface area contributed by atoms with Gasteiger partial charge in [0, 0.05) is 18.5 Å². The maximum Gasteiger partial charge on any atom is 0.387 e. The Bertz CT molecular complexity index is 984. The van der Waals surface area contributed by atoms with Crippen molar-refractivity contribution in [1.29, 1.82) is 0 Å². The van der Waals surface area contributed by atoms with Crippen LogP contribution in [-0.4, -0.2) is 60.4 Å². The summed E-state index contributed by atoms with van der Waals surface area (Å²) in [6.45, 7) is -2.60. The first-order valence-corrected chi connectivity index (χ1v) is 10.3. The largest absolute Gasteiger partial charge is 0.435 e. The second kappa shape index (κ2) is 9.44. The molecule has 7 nitrogen and oxygen atoms in total. The van der Waals surface area contributed by atoms with E-state index >= 15 is 0 Å².